The van der Waals surface area contributed by atoms with Crippen LogP contribution in [0.15, 0.2) is 42.5 Å². The maximum Gasteiger partial charge on any atom is 0.221 e. The SMILES string of the molecule is CC(=O)Nc1cccc(-c2ccc3c(c2)CCC3=O)c1. The highest BCUT2D eigenvalue weighted by molar-refractivity contribution is 6.01. The van der Waals surface area contributed by atoms with Crippen LogP contribution in [0.3, 0.4) is 0 Å². The lowest BCUT2D eigenvalue weighted by atomic mass is 10.00. The van der Waals surface area contributed by atoms with Gasteiger partial charge in [-0.25, -0.2) is 0 Å². The quantitative estimate of drug-likeness (QED) is 0.904. The molecule has 100 valence electrons. The smallest absolute Gasteiger partial charge is 0.221 e. The molecule has 0 saturated carbocycles. The molecule has 0 aliphatic heterocycles. The Morgan fingerprint density at radius 2 is 1.85 bits per heavy atom. The number of hydrogen-bond acceptors (Lipinski definition) is 2. The van der Waals surface area contributed by atoms with Gasteiger partial charge in [0.25, 0.3) is 0 Å². The number of rotatable bonds is 2. The van der Waals surface area contributed by atoms with Gasteiger partial charge in [0.05, 0.1) is 0 Å². The Balaban J connectivity index is 1.97. The summed E-state index contributed by atoms with van der Waals surface area (Å²) in [5.41, 5.74) is 4.87. The van der Waals surface area contributed by atoms with Gasteiger partial charge >= 0.3 is 0 Å². The number of nitrogens with one attached hydrogen (secondary N) is 1. The van der Waals surface area contributed by atoms with Gasteiger partial charge in [-0.05, 0) is 35.2 Å². The van der Waals surface area contributed by atoms with E-state index in [0.717, 1.165) is 34.4 Å². The van der Waals surface area contributed by atoms with Crippen molar-refractivity contribution in [1.29, 1.82) is 0 Å². The second kappa shape index (κ2) is 4.93. The van der Waals surface area contributed by atoms with Crippen molar-refractivity contribution in [2.45, 2.75) is 19.8 Å². The predicted molar refractivity (Wildman–Crippen MR) is 78.8 cm³/mol. The van der Waals surface area contributed by atoms with E-state index >= 15 is 0 Å². The number of benzene rings is 2. The average Bonchev–Trinajstić information content (AvgIpc) is 2.79. The van der Waals surface area contributed by atoms with E-state index in [9.17, 15) is 9.59 Å². The van der Waals surface area contributed by atoms with Crippen molar-refractivity contribution >= 4 is 17.4 Å². The maximum absolute atomic E-state index is 11.6. The van der Waals surface area contributed by atoms with E-state index in [1.54, 1.807) is 0 Å². The molecule has 0 unspecified atom stereocenters. The molecule has 0 heterocycles. The molecule has 0 saturated heterocycles. The van der Waals surface area contributed by atoms with Crippen LogP contribution in [0.1, 0.15) is 29.3 Å². The first kappa shape index (κ1) is 12.6. The fraction of sp³-hybridized carbons (Fsp3) is 0.176. The van der Waals surface area contributed by atoms with Crippen LogP contribution in [0.5, 0.6) is 0 Å². The zero-order chi connectivity index (χ0) is 14.1. The van der Waals surface area contributed by atoms with Gasteiger partial charge < -0.3 is 5.32 Å². The lowest BCUT2D eigenvalue weighted by molar-refractivity contribution is -0.114. The number of hydrogen-bond donors (Lipinski definition) is 1. The number of ketones is 1. The minimum absolute atomic E-state index is 0.0818. The third-order valence-corrected chi connectivity index (χ3v) is 3.54. The highest BCUT2D eigenvalue weighted by Crippen LogP contribution is 2.29. The van der Waals surface area contributed by atoms with Crippen LogP contribution in [0, 0.1) is 0 Å². The van der Waals surface area contributed by atoms with Gasteiger partial charge in [0.15, 0.2) is 5.78 Å². The summed E-state index contributed by atoms with van der Waals surface area (Å²) in [5, 5.41) is 2.78. The van der Waals surface area contributed by atoms with Crippen molar-refractivity contribution in [2.24, 2.45) is 0 Å². The Labute approximate surface area is 117 Å². The number of carbonyl (C=O) groups is 2. The minimum Gasteiger partial charge on any atom is -0.326 e. The number of Topliss-reactive ketones (excluding diaryl/α,β-unsaturated/α-hetero) is 1. The van der Waals surface area contributed by atoms with Gasteiger partial charge in [0, 0.05) is 24.6 Å². The summed E-state index contributed by atoms with van der Waals surface area (Å²) in [7, 11) is 0. The van der Waals surface area contributed by atoms with Gasteiger partial charge in [0.1, 0.15) is 0 Å². The number of amides is 1. The molecule has 0 radical (unpaired) electrons. The Morgan fingerprint density at radius 1 is 1.05 bits per heavy atom. The third kappa shape index (κ3) is 2.35. The Kier molecular flexibility index (Phi) is 3.11. The summed E-state index contributed by atoms with van der Waals surface area (Å²) in [6.07, 6.45) is 1.44. The molecule has 3 nitrogen and oxygen atoms in total. The molecule has 2 aromatic carbocycles. The number of fused-ring (bicyclic) bond motifs is 1. The monoisotopic (exact) mass is 265 g/mol. The van der Waals surface area contributed by atoms with Crippen molar-refractivity contribution in [1.82, 2.24) is 0 Å². The van der Waals surface area contributed by atoms with Gasteiger partial charge in [-0.1, -0.05) is 30.3 Å². The summed E-state index contributed by atoms with van der Waals surface area (Å²) in [4.78, 5) is 22.7. The zero-order valence-corrected chi connectivity index (χ0v) is 11.3. The first-order valence-corrected chi connectivity index (χ1v) is 6.67. The van der Waals surface area contributed by atoms with E-state index in [1.807, 2.05) is 36.4 Å². The fourth-order valence-electron chi connectivity index (χ4n) is 2.61. The standard InChI is InChI=1S/C17H15NO2/c1-11(19)18-15-4-2-3-12(10-15)13-5-7-16-14(9-13)6-8-17(16)20/h2-5,7,9-10H,6,8H2,1H3,(H,18,19). The normalized spacial score (nSPS) is 13.2. The van der Waals surface area contributed by atoms with Crippen LogP contribution in [0.4, 0.5) is 5.69 Å². The van der Waals surface area contributed by atoms with E-state index in [4.69, 9.17) is 0 Å². The van der Waals surface area contributed by atoms with Crippen LogP contribution < -0.4 is 5.32 Å². The van der Waals surface area contributed by atoms with Gasteiger partial charge in [-0.2, -0.15) is 0 Å². The number of anilines is 1. The van der Waals surface area contributed by atoms with Crippen molar-refractivity contribution < 1.29 is 9.59 Å². The zero-order valence-electron chi connectivity index (χ0n) is 11.3. The number of aryl methyl sites for hydroxylation is 1. The molecule has 0 fully saturated rings. The molecule has 0 bridgehead atoms. The van der Waals surface area contributed by atoms with E-state index in [-0.39, 0.29) is 11.7 Å². The summed E-state index contributed by atoms with van der Waals surface area (Å²) in [5.74, 6) is 0.153. The van der Waals surface area contributed by atoms with Crippen LogP contribution in [-0.4, -0.2) is 11.7 Å². The van der Waals surface area contributed by atoms with Gasteiger partial charge in [-0.15, -0.1) is 0 Å². The van der Waals surface area contributed by atoms with Crippen molar-refractivity contribution in [3.8, 4) is 11.1 Å². The molecule has 2 aromatic rings. The van der Waals surface area contributed by atoms with Crippen molar-refractivity contribution in [3.63, 3.8) is 0 Å². The molecular weight excluding hydrogens is 250 g/mol. The molecule has 0 spiro atoms. The van der Waals surface area contributed by atoms with Crippen LogP contribution in [-0.2, 0) is 11.2 Å². The van der Waals surface area contributed by atoms with Crippen LogP contribution in [0.2, 0.25) is 0 Å². The molecule has 0 atom stereocenters. The molecule has 1 N–H and O–H groups in total. The first-order valence-electron chi connectivity index (χ1n) is 6.67. The average molecular weight is 265 g/mol. The van der Waals surface area contributed by atoms with E-state index in [1.165, 1.54) is 6.92 Å². The largest absolute Gasteiger partial charge is 0.326 e. The molecular formula is C17H15NO2. The lowest BCUT2D eigenvalue weighted by Gasteiger charge is -2.07. The topological polar surface area (TPSA) is 46.2 Å². The Bertz CT molecular complexity index is 704. The lowest BCUT2D eigenvalue weighted by Crippen LogP contribution is -2.05. The molecule has 1 aliphatic carbocycles. The fourth-order valence-corrected chi connectivity index (χ4v) is 2.61. The highest BCUT2D eigenvalue weighted by atomic mass is 16.1. The van der Waals surface area contributed by atoms with Gasteiger partial charge in [-0.3, -0.25) is 9.59 Å². The second-order valence-electron chi connectivity index (χ2n) is 5.06. The Morgan fingerprint density at radius 3 is 2.65 bits per heavy atom. The maximum atomic E-state index is 11.6. The molecule has 0 aromatic heterocycles. The first-order chi connectivity index (χ1) is 9.63. The van der Waals surface area contributed by atoms with E-state index in [2.05, 4.69) is 11.4 Å². The summed E-state index contributed by atoms with van der Waals surface area (Å²) < 4.78 is 0. The summed E-state index contributed by atoms with van der Waals surface area (Å²) in [6.45, 7) is 1.49. The number of carbonyl (C=O) groups excluding carboxylic acids is 2. The Hall–Kier alpha value is -2.42. The van der Waals surface area contributed by atoms with E-state index < -0.39 is 0 Å². The predicted octanol–water partition coefficient (Wildman–Crippen LogP) is 3.44. The van der Waals surface area contributed by atoms with Gasteiger partial charge in [0.2, 0.25) is 5.91 Å². The molecule has 1 amide bonds. The third-order valence-electron chi connectivity index (χ3n) is 3.54. The molecule has 3 heteroatoms. The second-order valence-corrected chi connectivity index (χ2v) is 5.06. The van der Waals surface area contributed by atoms with Crippen LogP contribution >= 0.6 is 0 Å². The minimum atomic E-state index is -0.0818. The highest BCUT2D eigenvalue weighted by Gasteiger charge is 2.19. The summed E-state index contributed by atoms with van der Waals surface area (Å²) >= 11 is 0. The molecule has 20 heavy (non-hydrogen) atoms. The van der Waals surface area contributed by atoms with Crippen molar-refractivity contribution in [2.75, 3.05) is 5.32 Å². The van der Waals surface area contributed by atoms with E-state index in [0.29, 0.717) is 6.42 Å². The molecule has 1 aliphatic rings. The molecule has 3 rings (SSSR count). The summed E-state index contributed by atoms with van der Waals surface area (Å²) in [6, 6.07) is 13.7. The van der Waals surface area contributed by atoms with Crippen molar-refractivity contribution in [3.05, 3.63) is 53.6 Å². The van der Waals surface area contributed by atoms with Crippen LogP contribution in [0.25, 0.3) is 11.1 Å².